The van der Waals surface area contributed by atoms with Crippen molar-refractivity contribution in [3.63, 3.8) is 0 Å². The first-order valence-corrected chi connectivity index (χ1v) is 22.7. The summed E-state index contributed by atoms with van der Waals surface area (Å²) in [5.41, 5.74) is 0.991. The number of carbonyl (C=O) groups excluding carboxylic acids is 2. The second kappa shape index (κ2) is 29.1. The molecule has 1 N–H and O–H groups in total. The van der Waals surface area contributed by atoms with Crippen molar-refractivity contribution in [2.24, 2.45) is 0 Å². The zero-order chi connectivity index (χ0) is 41.8. The van der Waals surface area contributed by atoms with Crippen LogP contribution < -0.4 is 10.2 Å². The lowest BCUT2D eigenvalue weighted by molar-refractivity contribution is -0.870. The number of hydrogen-bond acceptors (Lipinski definition) is 14. The third kappa shape index (κ3) is 24.4. The number of nitro benzene ring substituents is 1. The van der Waals surface area contributed by atoms with Crippen LogP contribution in [0, 0.1) is 10.1 Å². The SMILES string of the molecule is CCCCCCCCCCCCCC(=O)OC[C@H](COP(=O)([O-])OCC[N+](C)(C)C)OC(=O)CCCCCCCCCCCNc1ccc([N+](=O)[O-])c2nonc12. The molecule has 0 saturated heterocycles. The van der Waals surface area contributed by atoms with Crippen LogP contribution in [0.3, 0.4) is 0 Å². The number of nitrogens with one attached hydrogen (secondary N) is 1. The molecule has 0 radical (unpaired) electrons. The third-order valence-corrected chi connectivity index (χ3v) is 10.6. The molecule has 0 spiro atoms. The Morgan fingerprint density at radius 3 is 1.86 bits per heavy atom. The molecule has 2 aromatic rings. The van der Waals surface area contributed by atoms with Gasteiger partial charge in [0.15, 0.2) is 11.6 Å². The molecule has 0 aliphatic carbocycles. The Labute approximate surface area is 339 Å². The molecule has 0 fully saturated rings. The van der Waals surface area contributed by atoms with Gasteiger partial charge in [-0.1, -0.05) is 116 Å². The number of carbonyl (C=O) groups is 2. The highest BCUT2D eigenvalue weighted by Crippen LogP contribution is 2.38. The largest absolute Gasteiger partial charge is 0.756 e. The first kappa shape index (κ1) is 50.0. The lowest BCUT2D eigenvalue weighted by Gasteiger charge is -2.28. The van der Waals surface area contributed by atoms with Gasteiger partial charge in [-0.15, -0.1) is 0 Å². The second-order valence-electron chi connectivity index (χ2n) is 15.9. The van der Waals surface area contributed by atoms with E-state index < -0.39 is 37.4 Å². The number of aromatic nitrogens is 2. The molecule has 17 heteroatoms. The zero-order valence-electron chi connectivity index (χ0n) is 35.1. The number of nitro groups is 1. The first-order chi connectivity index (χ1) is 27.3. The highest BCUT2D eigenvalue weighted by molar-refractivity contribution is 7.45. The van der Waals surface area contributed by atoms with Gasteiger partial charge in [0.1, 0.15) is 19.8 Å². The Morgan fingerprint density at radius 1 is 0.772 bits per heavy atom. The Bertz CT molecular complexity index is 1470. The van der Waals surface area contributed by atoms with Gasteiger partial charge in [0.2, 0.25) is 5.52 Å². The van der Waals surface area contributed by atoms with Crippen LogP contribution in [0.5, 0.6) is 0 Å². The maximum Gasteiger partial charge on any atom is 0.306 e. The molecule has 0 saturated carbocycles. The second-order valence-corrected chi connectivity index (χ2v) is 17.3. The van der Waals surface area contributed by atoms with Gasteiger partial charge in [-0.05, 0) is 35.6 Å². The highest BCUT2D eigenvalue weighted by atomic mass is 31.2. The molecule has 326 valence electrons. The van der Waals surface area contributed by atoms with E-state index in [1.54, 1.807) is 6.07 Å². The van der Waals surface area contributed by atoms with E-state index in [-0.39, 0.29) is 37.3 Å². The van der Waals surface area contributed by atoms with Crippen LogP contribution in [0.4, 0.5) is 11.4 Å². The van der Waals surface area contributed by atoms with Gasteiger partial charge in [-0.3, -0.25) is 24.3 Å². The minimum atomic E-state index is -4.66. The van der Waals surface area contributed by atoms with Crippen molar-refractivity contribution in [1.82, 2.24) is 10.3 Å². The van der Waals surface area contributed by atoms with Crippen molar-refractivity contribution in [1.29, 1.82) is 0 Å². The topological polar surface area (TPSA) is 205 Å². The summed E-state index contributed by atoms with van der Waals surface area (Å²) in [6, 6.07) is 3.01. The van der Waals surface area contributed by atoms with E-state index in [0.29, 0.717) is 41.6 Å². The Kier molecular flexibility index (Phi) is 25.5. The van der Waals surface area contributed by atoms with Crippen molar-refractivity contribution in [3.8, 4) is 0 Å². The predicted octanol–water partition coefficient (Wildman–Crippen LogP) is 8.81. The minimum Gasteiger partial charge on any atom is -0.756 e. The maximum atomic E-state index is 12.7. The summed E-state index contributed by atoms with van der Waals surface area (Å²) in [7, 11) is 1.07. The molecule has 1 unspecified atom stereocenters. The maximum absolute atomic E-state index is 12.7. The number of anilines is 1. The van der Waals surface area contributed by atoms with Crippen molar-refractivity contribution >= 4 is 42.2 Å². The van der Waals surface area contributed by atoms with Gasteiger partial charge >= 0.3 is 17.6 Å². The quantitative estimate of drug-likeness (QED) is 0.0170. The molecule has 0 amide bonds. The number of rotatable bonds is 36. The van der Waals surface area contributed by atoms with Gasteiger partial charge < -0.3 is 33.2 Å². The van der Waals surface area contributed by atoms with Crippen molar-refractivity contribution in [2.45, 2.75) is 154 Å². The van der Waals surface area contributed by atoms with Gasteiger partial charge in [0, 0.05) is 25.5 Å². The van der Waals surface area contributed by atoms with Crippen molar-refractivity contribution in [2.75, 3.05) is 59.4 Å². The summed E-state index contributed by atoms with van der Waals surface area (Å²) < 4.78 is 38.5. The lowest BCUT2D eigenvalue weighted by atomic mass is 10.1. The number of fused-ring (bicyclic) bond motifs is 1. The summed E-state index contributed by atoms with van der Waals surface area (Å²) in [4.78, 5) is 48.2. The summed E-state index contributed by atoms with van der Waals surface area (Å²) in [6.45, 7) is 2.52. The Hall–Kier alpha value is -3.17. The lowest BCUT2D eigenvalue weighted by Crippen LogP contribution is -2.37. The van der Waals surface area contributed by atoms with E-state index in [2.05, 4.69) is 22.6 Å². The van der Waals surface area contributed by atoms with E-state index in [0.717, 1.165) is 70.6 Å². The molecular weight excluding hydrogens is 757 g/mol. The number of hydrogen-bond donors (Lipinski definition) is 1. The molecule has 2 rings (SSSR count). The zero-order valence-corrected chi connectivity index (χ0v) is 35.9. The smallest absolute Gasteiger partial charge is 0.306 e. The number of phosphoric acid groups is 1. The molecule has 2 atom stereocenters. The van der Waals surface area contributed by atoms with Crippen LogP contribution in [0.2, 0.25) is 0 Å². The number of ether oxygens (including phenoxy) is 2. The molecule has 1 aromatic heterocycles. The molecule has 1 heterocycles. The summed E-state index contributed by atoms with van der Waals surface area (Å²) >= 11 is 0. The van der Waals surface area contributed by atoms with Crippen LogP contribution in [0.15, 0.2) is 16.8 Å². The molecule has 1 aromatic carbocycles. The summed E-state index contributed by atoms with van der Waals surface area (Å²) in [5, 5.41) is 21.9. The number of benzene rings is 1. The van der Waals surface area contributed by atoms with Crippen molar-refractivity contribution in [3.05, 3.63) is 22.2 Å². The van der Waals surface area contributed by atoms with E-state index in [4.69, 9.17) is 23.2 Å². The average molecular weight is 828 g/mol. The number of phosphoric ester groups is 1. The fourth-order valence-corrected chi connectivity index (χ4v) is 6.92. The Morgan fingerprint density at radius 2 is 1.30 bits per heavy atom. The van der Waals surface area contributed by atoms with E-state index in [1.807, 2.05) is 21.1 Å². The minimum absolute atomic E-state index is 0.0569. The van der Waals surface area contributed by atoms with Crippen LogP contribution in [-0.2, 0) is 32.7 Å². The molecule has 0 aliphatic rings. The number of likely N-dealkylation sites (N-methyl/N-ethyl adjacent to an activating group) is 1. The number of non-ortho nitro benzene ring substituents is 1. The highest BCUT2D eigenvalue weighted by Gasteiger charge is 2.22. The van der Waals surface area contributed by atoms with Gasteiger partial charge in [-0.2, -0.15) is 0 Å². The Balaban J connectivity index is 1.61. The first-order valence-electron chi connectivity index (χ1n) is 21.2. The molecule has 16 nitrogen and oxygen atoms in total. The van der Waals surface area contributed by atoms with Gasteiger partial charge in [-0.25, -0.2) is 4.63 Å². The number of unbranched alkanes of at least 4 members (excludes halogenated alkanes) is 18. The van der Waals surface area contributed by atoms with Crippen LogP contribution in [0.25, 0.3) is 11.0 Å². The van der Waals surface area contributed by atoms with Crippen LogP contribution in [0.1, 0.15) is 148 Å². The van der Waals surface area contributed by atoms with Crippen LogP contribution in [-0.4, -0.2) is 91.8 Å². The third-order valence-electron chi connectivity index (χ3n) is 9.61. The molecular formula is C40H70N5O11P. The van der Waals surface area contributed by atoms with E-state index in [1.165, 1.54) is 51.0 Å². The van der Waals surface area contributed by atoms with Crippen molar-refractivity contribution < 1.29 is 51.6 Å². The van der Waals surface area contributed by atoms with Crippen LogP contribution >= 0.6 is 7.82 Å². The normalized spacial score (nSPS) is 13.4. The average Bonchev–Trinajstić information content (AvgIpc) is 3.65. The predicted molar refractivity (Wildman–Crippen MR) is 217 cm³/mol. The van der Waals surface area contributed by atoms with E-state index >= 15 is 0 Å². The molecule has 0 aliphatic heterocycles. The monoisotopic (exact) mass is 827 g/mol. The molecule has 57 heavy (non-hydrogen) atoms. The summed E-state index contributed by atoms with van der Waals surface area (Å²) in [5.74, 6) is -0.915. The summed E-state index contributed by atoms with van der Waals surface area (Å²) in [6.07, 6.45) is 20.9. The fourth-order valence-electron chi connectivity index (χ4n) is 6.19. The number of esters is 2. The van der Waals surface area contributed by atoms with Gasteiger partial charge in [0.25, 0.3) is 7.82 Å². The number of nitrogens with zero attached hydrogens (tertiary/aromatic N) is 4. The van der Waals surface area contributed by atoms with E-state index in [9.17, 15) is 29.2 Å². The standard InChI is InChI=1S/C40H70N5O11P/c1-5-6-7-8-9-10-11-13-16-19-22-25-37(46)52-32-34(33-54-57(50,51)53-31-30-45(2,3)4)55-38(47)26-23-20-17-14-12-15-18-21-24-29-41-35-27-28-36(44(48)49)40-39(35)42-56-43-40/h27-28,34H,5-26,29-33H2,1-4H3,(H-,41,43,50,51)/t34-/m1/s1. The molecule has 0 bridgehead atoms. The fraction of sp³-hybridized carbons (Fsp3) is 0.800. The number of quaternary nitrogens is 1. The van der Waals surface area contributed by atoms with Gasteiger partial charge in [0.05, 0.1) is 38.4 Å².